The van der Waals surface area contributed by atoms with Gasteiger partial charge in [0, 0.05) is 25.7 Å². The Morgan fingerprint density at radius 2 is 2.47 bits per heavy atom. The summed E-state index contributed by atoms with van der Waals surface area (Å²) in [5, 5.41) is 3.43. The molecule has 2 rings (SSSR count). The van der Waals surface area contributed by atoms with Crippen LogP contribution in [-0.4, -0.2) is 24.1 Å². The minimum atomic E-state index is 0.704. The van der Waals surface area contributed by atoms with E-state index in [-0.39, 0.29) is 0 Å². The Hall–Kier alpha value is -1.29. The lowest BCUT2D eigenvalue weighted by molar-refractivity contribution is 0.536. The topological polar surface area (TPSA) is 41.3 Å². The van der Waals surface area contributed by atoms with Crippen LogP contribution in [0.15, 0.2) is 23.3 Å². The summed E-state index contributed by atoms with van der Waals surface area (Å²) in [6.45, 7) is 8.44. The molecule has 0 amide bonds. The Morgan fingerprint density at radius 1 is 1.65 bits per heavy atom. The highest BCUT2D eigenvalue weighted by Crippen LogP contribution is 2.20. The Morgan fingerprint density at radius 3 is 3.12 bits per heavy atom. The number of anilines is 1. The van der Waals surface area contributed by atoms with Gasteiger partial charge in [-0.05, 0) is 19.3 Å². The van der Waals surface area contributed by atoms with Crippen molar-refractivity contribution in [2.75, 3.05) is 18.0 Å². The maximum atomic E-state index is 5.51. The molecular formula is C13H21N3O. The second-order valence-electron chi connectivity index (χ2n) is 4.51. The van der Waals surface area contributed by atoms with Gasteiger partial charge in [0.1, 0.15) is 6.26 Å². The van der Waals surface area contributed by atoms with Gasteiger partial charge >= 0.3 is 0 Å². The van der Waals surface area contributed by atoms with Gasteiger partial charge in [0.15, 0.2) is 0 Å². The molecule has 0 aromatic carbocycles. The molecule has 17 heavy (non-hydrogen) atoms. The van der Waals surface area contributed by atoms with Crippen LogP contribution in [0.1, 0.15) is 31.9 Å². The van der Waals surface area contributed by atoms with Gasteiger partial charge in [0.2, 0.25) is 0 Å². The highest BCUT2D eigenvalue weighted by atomic mass is 16.4. The molecule has 0 saturated heterocycles. The average molecular weight is 235 g/mol. The summed E-state index contributed by atoms with van der Waals surface area (Å²) < 4.78 is 5.51. The first-order chi connectivity index (χ1) is 8.33. The Kier molecular flexibility index (Phi) is 4.20. The molecule has 1 N–H and O–H groups in total. The number of hydrogen-bond donors (Lipinski definition) is 1. The molecule has 1 aromatic heterocycles. The fourth-order valence-electron chi connectivity index (χ4n) is 1.75. The van der Waals surface area contributed by atoms with Crippen LogP contribution in [0.2, 0.25) is 0 Å². The van der Waals surface area contributed by atoms with Gasteiger partial charge in [-0.25, -0.2) is 0 Å². The molecule has 0 spiro atoms. The van der Waals surface area contributed by atoms with Gasteiger partial charge in [-0.15, -0.1) is 6.58 Å². The Bertz CT molecular complexity index is 357. The van der Waals surface area contributed by atoms with E-state index in [0.29, 0.717) is 12.1 Å². The molecule has 1 aromatic rings. The molecule has 0 radical (unpaired) electrons. The second-order valence-corrected chi connectivity index (χ2v) is 4.51. The molecule has 1 fully saturated rings. The van der Waals surface area contributed by atoms with Gasteiger partial charge < -0.3 is 14.6 Å². The van der Waals surface area contributed by atoms with E-state index in [1.54, 1.807) is 6.26 Å². The number of nitrogens with one attached hydrogen (secondary N) is 1. The van der Waals surface area contributed by atoms with Crippen LogP contribution in [0, 0.1) is 0 Å². The van der Waals surface area contributed by atoms with E-state index in [0.717, 1.165) is 31.7 Å². The van der Waals surface area contributed by atoms with Gasteiger partial charge in [0.25, 0.3) is 6.01 Å². The zero-order valence-corrected chi connectivity index (χ0v) is 10.5. The van der Waals surface area contributed by atoms with Crippen molar-refractivity contribution in [3.63, 3.8) is 0 Å². The average Bonchev–Trinajstić information content (AvgIpc) is 3.04. The van der Waals surface area contributed by atoms with Crippen molar-refractivity contribution < 1.29 is 4.42 Å². The Balaban J connectivity index is 1.90. The summed E-state index contributed by atoms with van der Waals surface area (Å²) in [5.41, 5.74) is 0.983. The molecule has 4 heteroatoms. The van der Waals surface area contributed by atoms with Crippen molar-refractivity contribution in [3.8, 4) is 0 Å². The van der Waals surface area contributed by atoms with Gasteiger partial charge in [-0.3, -0.25) is 0 Å². The van der Waals surface area contributed by atoms with E-state index >= 15 is 0 Å². The first-order valence-electron chi connectivity index (χ1n) is 6.37. The standard InChI is InChI=1S/C13H21N3O/c1-3-7-16(8-4-2)13-15-12(10-17-13)9-14-11-5-6-11/h3,10-11,14H,1,4-9H2,2H3. The summed E-state index contributed by atoms with van der Waals surface area (Å²) in [5.74, 6) is 0. The highest BCUT2D eigenvalue weighted by Gasteiger charge is 2.20. The van der Waals surface area contributed by atoms with Crippen LogP contribution in [-0.2, 0) is 6.54 Å². The largest absolute Gasteiger partial charge is 0.432 e. The zero-order chi connectivity index (χ0) is 12.1. The van der Waals surface area contributed by atoms with Crippen molar-refractivity contribution in [2.24, 2.45) is 0 Å². The van der Waals surface area contributed by atoms with Crippen molar-refractivity contribution in [3.05, 3.63) is 24.6 Å². The van der Waals surface area contributed by atoms with Crippen LogP contribution in [0.25, 0.3) is 0 Å². The first-order valence-corrected chi connectivity index (χ1v) is 6.37. The summed E-state index contributed by atoms with van der Waals surface area (Å²) in [4.78, 5) is 6.60. The van der Waals surface area contributed by atoms with E-state index in [2.05, 4.69) is 28.7 Å². The summed E-state index contributed by atoms with van der Waals surface area (Å²) >= 11 is 0. The van der Waals surface area contributed by atoms with Gasteiger partial charge in [-0.2, -0.15) is 4.98 Å². The molecular weight excluding hydrogens is 214 g/mol. The van der Waals surface area contributed by atoms with Crippen LogP contribution < -0.4 is 10.2 Å². The first kappa shape index (κ1) is 12.2. The van der Waals surface area contributed by atoms with E-state index in [1.165, 1.54) is 12.8 Å². The quantitative estimate of drug-likeness (QED) is 0.702. The SMILES string of the molecule is C=CCN(CCC)c1nc(CNC2CC2)co1. The smallest absolute Gasteiger partial charge is 0.297 e. The van der Waals surface area contributed by atoms with Gasteiger partial charge in [0.05, 0.1) is 5.69 Å². The zero-order valence-electron chi connectivity index (χ0n) is 10.5. The lowest BCUT2D eigenvalue weighted by Gasteiger charge is -2.17. The summed E-state index contributed by atoms with van der Waals surface area (Å²) in [6, 6.07) is 1.41. The number of rotatable bonds is 8. The molecule has 1 heterocycles. The Labute approximate surface area is 103 Å². The number of nitrogens with zero attached hydrogens (tertiary/aromatic N) is 2. The molecule has 0 atom stereocenters. The van der Waals surface area contributed by atoms with E-state index < -0.39 is 0 Å². The van der Waals surface area contributed by atoms with Crippen molar-refractivity contribution >= 4 is 6.01 Å². The third kappa shape index (κ3) is 3.60. The minimum absolute atomic E-state index is 0.704. The predicted octanol–water partition coefficient (Wildman–Crippen LogP) is 2.33. The molecule has 94 valence electrons. The van der Waals surface area contributed by atoms with Crippen molar-refractivity contribution in [1.82, 2.24) is 10.3 Å². The number of aromatic nitrogens is 1. The normalized spacial score (nSPS) is 14.9. The van der Waals surface area contributed by atoms with Crippen LogP contribution in [0.3, 0.4) is 0 Å². The molecule has 1 aliphatic rings. The molecule has 0 unspecified atom stereocenters. The maximum absolute atomic E-state index is 5.51. The second kappa shape index (κ2) is 5.87. The van der Waals surface area contributed by atoms with E-state index in [9.17, 15) is 0 Å². The van der Waals surface area contributed by atoms with Gasteiger partial charge in [-0.1, -0.05) is 13.0 Å². The lowest BCUT2D eigenvalue weighted by atomic mass is 10.4. The highest BCUT2D eigenvalue weighted by molar-refractivity contribution is 5.28. The molecule has 0 bridgehead atoms. The fourth-order valence-corrected chi connectivity index (χ4v) is 1.75. The summed E-state index contributed by atoms with van der Waals surface area (Å²) in [7, 11) is 0. The van der Waals surface area contributed by atoms with E-state index in [4.69, 9.17) is 4.42 Å². The van der Waals surface area contributed by atoms with Crippen molar-refractivity contribution in [2.45, 2.75) is 38.8 Å². The number of hydrogen-bond acceptors (Lipinski definition) is 4. The molecule has 1 saturated carbocycles. The third-order valence-electron chi connectivity index (χ3n) is 2.80. The van der Waals surface area contributed by atoms with E-state index in [1.807, 2.05) is 6.08 Å². The fraction of sp³-hybridized carbons (Fsp3) is 0.615. The minimum Gasteiger partial charge on any atom is -0.432 e. The van der Waals surface area contributed by atoms with Crippen LogP contribution in [0.5, 0.6) is 0 Å². The summed E-state index contributed by atoms with van der Waals surface area (Å²) in [6.07, 6.45) is 7.29. The number of oxazole rings is 1. The molecule has 0 aliphatic heterocycles. The molecule has 1 aliphatic carbocycles. The maximum Gasteiger partial charge on any atom is 0.297 e. The molecule has 4 nitrogen and oxygen atoms in total. The lowest BCUT2D eigenvalue weighted by Crippen LogP contribution is -2.24. The third-order valence-corrected chi connectivity index (χ3v) is 2.80. The van der Waals surface area contributed by atoms with Crippen molar-refractivity contribution in [1.29, 1.82) is 0 Å². The van der Waals surface area contributed by atoms with Crippen LogP contribution in [0.4, 0.5) is 6.01 Å². The predicted molar refractivity (Wildman–Crippen MR) is 69.1 cm³/mol. The monoisotopic (exact) mass is 235 g/mol. The van der Waals surface area contributed by atoms with Crippen LogP contribution >= 0.6 is 0 Å².